The standard InChI is InChI=1S/C16H21N3O/c1-11(2)16(8-9-17-10-16)15-18-14(19-20-15)13-6-4-12(3)5-7-13/h4-7,11,17H,8-10H2,1-3H3. The van der Waals surface area contributed by atoms with Crippen molar-refractivity contribution in [2.75, 3.05) is 13.1 Å². The monoisotopic (exact) mass is 271 g/mol. The van der Waals surface area contributed by atoms with Gasteiger partial charge in [-0.3, -0.25) is 0 Å². The zero-order valence-electron chi connectivity index (χ0n) is 12.3. The minimum absolute atomic E-state index is 0.0179. The number of benzene rings is 1. The molecule has 1 aromatic carbocycles. The highest BCUT2D eigenvalue weighted by atomic mass is 16.5. The average molecular weight is 271 g/mol. The van der Waals surface area contributed by atoms with Gasteiger partial charge in [0.25, 0.3) is 0 Å². The lowest BCUT2D eigenvalue weighted by Crippen LogP contribution is -2.35. The molecule has 0 spiro atoms. The maximum absolute atomic E-state index is 5.60. The number of hydrogen-bond acceptors (Lipinski definition) is 4. The summed E-state index contributed by atoms with van der Waals surface area (Å²) in [6.07, 6.45) is 1.06. The smallest absolute Gasteiger partial charge is 0.234 e. The van der Waals surface area contributed by atoms with Crippen LogP contribution in [0.25, 0.3) is 11.4 Å². The molecule has 0 radical (unpaired) electrons. The van der Waals surface area contributed by atoms with Crippen LogP contribution in [0.1, 0.15) is 31.7 Å². The van der Waals surface area contributed by atoms with Gasteiger partial charge in [-0.05, 0) is 25.8 Å². The minimum atomic E-state index is -0.0179. The second-order valence-corrected chi connectivity index (χ2v) is 6.03. The highest BCUT2D eigenvalue weighted by Gasteiger charge is 2.43. The zero-order chi connectivity index (χ0) is 14.2. The van der Waals surface area contributed by atoms with E-state index in [1.165, 1.54) is 5.56 Å². The number of nitrogens with one attached hydrogen (secondary N) is 1. The Morgan fingerprint density at radius 3 is 2.60 bits per heavy atom. The molecule has 0 saturated carbocycles. The van der Waals surface area contributed by atoms with Crippen LogP contribution in [-0.2, 0) is 5.41 Å². The van der Waals surface area contributed by atoms with Gasteiger partial charge < -0.3 is 9.84 Å². The van der Waals surface area contributed by atoms with Gasteiger partial charge in [0.2, 0.25) is 11.7 Å². The van der Waals surface area contributed by atoms with Gasteiger partial charge in [0.1, 0.15) is 0 Å². The maximum Gasteiger partial charge on any atom is 0.234 e. The summed E-state index contributed by atoms with van der Waals surface area (Å²) >= 11 is 0. The molecule has 1 aliphatic rings. The minimum Gasteiger partial charge on any atom is -0.338 e. The molecule has 2 aromatic rings. The lowest BCUT2D eigenvalue weighted by molar-refractivity contribution is 0.234. The van der Waals surface area contributed by atoms with Crippen molar-refractivity contribution in [1.82, 2.24) is 15.5 Å². The highest BCUT2D eigenvalue weighted by molar-refractivity contribution is 5.54. The fraction of sp³-hybridized carbons (Fsp3) is 0.500. The second-order valence-electron chi connectivity index (χ2n) is 6.03. The van der Waals surface area contributed by atoms with Crippen LogP contribution in [0.15, 0.2) is 28.8 Å². The molecule has 1 fully saturated rings. The van der Waals surface area contributed by atoms with E-state index < -0.39 is 0 Å². The van der Waals surface area contributed by atoms with Gasteiger partial charge in [0, 0.05) is 12.1 Å². The predicted octanol–water partition coefficient (Wildman–Crippen LogP) is 2.93. The fourth-order valence-corrected chi connectivity index (χ4v) is 2.88. The van der Waals surface area contributed by atoms with E-state index in [0.29, 0.717) is 11.7 Å². The molecule has 1 saturated heterocycles. The molecule has 0 amide bonds. The Morgan fingerprint density at radius 2 is 2.00 bits per heavy atom. The third-order valence-electron chi connectivity index (χ3n) is 4.46. The Kier molecular flexibility index (Phi) is 3.34. The maximum atomic E-state index is 5.60. The van der Waals surface area contributed by atoms with Crippen molar-refractivity contribution in [1.29, 1.82) is 0 Å². The number of hydrogen-bond donors (Lipinski definition) is 1. The van der Waals surface area contributed by atoms with Crippen LogP contribution in [0.3, 0.4) is 0 Å². The van der Waals surface area contributed by atoms with Gasteiger partial charge in [-0.15, -0.1) is 0 Å². The molecule has 106 valence electrons. The lowest BCUT2D eigenvalue weighted by Gasteiger charge is -2.27. The summed E-state index contributed by atoms with van der Waals surface area (Å²) in [6, 6.07) is 8.22. The zero-order valence-corrected chi connectivity index (χ0v) is 12.3. The summed E-state index contributed by atoms with van der Waals surface area (Å²) in [5, 5.41) is 7.60. The molecule has 1 N–H and O–H groups in total. The van der Waals surface area contributed by atoms with Crippen LogP contribution < -0.4 is 5.32 Å². The molecule has 1 atom stereocenters. The van der Waals surface area contributed by atoms with Crippen molar-refractivity contribution in [3.05, 3.63) is 35.7 Å². The van der Waals surface area contributed by atoms with E-state index in [0.717, 1.165) is 31.0 Å². The van der Waals surface area contributed by atoms with Crippen LogP contribution in [0.2, 0.25) is 0 Å². The van der Waals surface area contributed by atoms with Crippen LogP contribution >= 0.6 is 0 Å². The van der Waals surface area contributed by atoms with Crippen molar-refractivity contribution in [2.45, 2.75) is 32.6 Å². The first kappa shape index (κ1) is 13.3. The summed E-state index contributed by atoms with van der Waals surface area (Å²) in [5.74, 6) is 1.93. The van der Waals surface area contributed by atoms with Gasteiger partial charge in [-0.2, -0.15) is 4.98 Å². The Morgan fingerprint density at radius 1 is 1.25 bits per heavy atom. The van der Waals surface area contributed by atoms with E-state index in [1.807, 2.05) is 12.1 Å². The Hall–Kier alpha value is -1.68. The van der Waals surface area contributed by atoms with E-state index in [4.69, 9.17) is 4.52 Å². The Balaban J connectivity index is 1.95. The topological polar surface area (TPSA) is 51.0 Å². The molecule has 0 aliphatic carbocycles. The van der Waals surface area contributed by atoms with Crippen molar-refractivity contribution in [3.8, 4) is 11.4 Å². The van der Waals surface area contributed by atoms with Gasteiger partial charge >= 0.3 is 0 Å². The first-order chi connectivity index (χ1) is 9.62. The SMILES string of the molecule is Cc1ccc(-c2noc(C3(C(C)C)CCNC3)n2)cc1. The molecular formula is C16H21N3O. The van der Waals surface area contributed by atoms with Crippen LogP contribution in [0, 0.1) is 12.8 Å². The van der Waals surface area contributed by atoms with Gasteiger partial charge in [-0.25, -0.2) is 0 Å². The van der Waals surface area contributed by atoms with E-state index >= 15 is 0 Å². The van der Waals surface area contributed by atoms with Crippen LogP contribution in [0.4, 0.5) is 0 Å². The number of rotatable bonds is 3. The number of nitrogens with zero attached hydrogens (tertiary/aromatic N) is 2. The lowest BCUT2D eigenvalue weighted by atomic mass is 9.76. The molecule has 20 heavy (non-hydrogen) atoms. The normalized spacial score (nSPS) is 22.6. The van der Waals surface area contributed by atoms with Crippen molar-refractivity contribution >= 4 is 0 Å². The molecule has 1 aromatic heterocycles. The third kappa shape index (κ3) is 2.14. The van der Waals surface area contributed by atoms with Crippen molar-refractivity contribution in [3.63, 3.8) is 0 Å². The first-order valence-corrected chi connectivity index (χ1v) is 7.24. The molecule has 4 nitrogen and oxygen atoms in total. The van der Waals surface area contributed by atoms with Gasteiger partial charge in [0.15, 0.2) is 0 Å². The molecule has 3 rings (SSSR count). The first-order valence-electron chi connectivity index (χ1n) is 7.24. The molecular weight excluding hydrogens is 250 g/mol. The van der Waals surface area contributed by atoms with E-state index in [9.17, 15) is 0 Å². The molecule has 2 heterocycles. The van der Waals surface area contributed by atoms with Crippen LogP contribution in [0.5, 0.6) is 0 Å². The molecule has 1 unspecified atom stereocenters. The van der Waals surface area contributed by atoms with E-state index in [-0.39, 0.29) is 5.41 Å². The highest BCUT2D eigenvalue weighted by Crippen LogP contribution is 2.37. The van der Waals surface area contributed by atoms with Crippen LogP contribution in [-0.4, -0.2) is 23.2 Å². The molecule has 1 aliphatic heterocycles. The molecule has 0 bridgehead atoms. The third-order valence-corrected chi connectivity index (χ3v) is 4.46. The summed E-state index contributed by atoms with van der Waals surface area (Å²) in [6.45, 7) is 8.45. The van der Waals surface area contributed by atoms with E-state index in [2.05, 4.69) is 48.4 Å². The summed E-state index contributed by atoms with van der Waals surface area (Å²) in [7, 11) is 0. The quantitative estimate of drug-likeness (QED) is 0.932. The fourth-order valence-electron chi connectivity index (χ4n) is 2.88. The second kappa shape index (κ2) is 5.02. The van der Waals surface area contributed by atoms with Gasteiger partial charge in [-0.1, -0.05) is 48.8 Å². The number of aryl methyl sites for hydroxylation is 1. The molecule has 4 heteroatoms. The summed E-state index contributed by atoms with van der Waals surface area (Å²) < 4.78 is 5.60. The Bertz CT molecular complexity index is 580. The van der Waals surface area contributed by atoms with E-state index in [1.54, 1.807) is 0 Å². The Labute approximate surface area is 119 Å². The number of aromatic nitrogens is 2. The van der Waals surface area contributed by atoms with Crippen molar-refractivity contribution < 1.29 is 4.52 Å². The summed E-state index contributed by atoms with van der Waals surface area (Å²) in [5.41, 5.74) is 2.22. The van der Waals surface area contributed by atoms with Gasteiger partial charge in [0.05, 0.1) is 5.41 Å². The average Bonchev–Trinajstić information content (AvgIpc) is 3.09. The summed E-state index contributed by atoms with van der Waals surface area (Å²) in [4.78, 5) is 4.67. The predicted molar refractivity (Wildman–Crippen MR) is 78.5 cm³/mol. The van der Waals surface area contributed by atoms with Crippen molar-refractivity contribution in [2.24, 2.45) is 5.92 Å². The largest absolute Gasteiger partial charge is 0.338 e.